The molecule has 0 unspecified atom stereocenters. The molecule has 2 N–H and O–H groups in total. The molecule has 0 aliphatic heterocycles. The highest BCUT2D eigenvalue weighted by atomic mass is 16.5. The minimum absolute atomic E-state index is 0.0218. The molecule has 0 fully saturated rings. The van der Waals surface area contributed by atoms with Gasteiger partial charge in [-0.3, -0.25) is 4.79 Å². The average molecular weight is 254 g/mol. The number of aliphatic carboxylic acids is 1. The van der Waals surface area contributed by atoms with Crippen LogP contribution < -0.4 is 9.47 Å². The van der Waals surface area contributed by atoms with Crippen molar-refractivity contribution in [3.63, 3.8) is 0 Å². The first-order chi connectivity index (χ1) is 8.63. The zero-order chi connectivity index (χ0) is 13.5. The molecule has 0 amide bonds. The van der Waals surface area contributed by atoms with Gasteiger partial charge in [-0.25, -0.2) is 0 Å². The number of rotatable bonds is 7. The highest BCUT2D eigenvalue weighted by Crippen LogP contribution is 2.35. The van der Waals surface area contributed by atoms with E-state index in [0.29, 0.717) is 24.3 Å². The summed E-state index contributed by atoms with van der Waals surface area (Å²) in [4.78, 5) is 10.6. The first-order valence-electron chi connectivity index (χ1n) is 5.69. The van der Waals surface area contributed by atoms with Gasteiger partial charge in [-0.15, -0.1) is 0 Å². The van der Waals surface area contributed by atoms with E-state index in [1.807, 2.05) is 12.1 Å². The zero-order valence-electron chi connectivity index (χ0n) is 10.6. The number of carbonyl (C=O) groups is 1. The lowest BCUT2D eigenvalue weighted by molar-refractivity contribution is -0.136. The van der Waals surface area contributed by atoms with Crippen LogP contribution in [0.5, 0.6) is 11.5 Å². The zero-order valence-corrected chi connectivity index (χ0v) is 10.6. The first-order valence-corrected chi connectivity index (χ1v) is 5.69. The molecule has 5 nitrogen and oxygen atoms in total. The van der Waals surface area contributed by atoms with Gasteiger partial charge in [0, 0.05) is 18.6 Å². The summed E-state index contributed by atoms with van der Waals surface area (Å²) in [5.74, 6) is 0.259. The fourth-order valence-electron chi connectivity index (χ4n) is 1.85. The van der Waals surface area contributed by atoms with Gasteiger partial charge in [0.05, 0.1) is 14.2 Å². The van der Waals surface area contributed by atoms with E-state index in [1.165, 1.54) is 14.2 Å². The molecule has 0 saturated carbocycles. The van der Waals surface area contributed by atoms with Gasteiger partial charge in [0.1, 0.15) is 0 Å². The van der Waals surface area contributed by atoms with Crippen molar-refractivity contribution in [3.05, 3.63) is 23.3 Å². The number of methoxy groups -OCH3 is 2. The Morgan fingerprint density at radius 3 is 2.00 bits per heavy atom. The van der Waals surface area contributed by atoms with E-state index in [1.54, 1.807) is 0 Å². The summed E-state index contributed by atoms with van der Waals surface area (Å²) in [6.45, 7) is 0.0218. The van der Waals surface area contributed by atoms with Crippen molar-refractivity contribution in [2.45, 2.75) is 19.3 Å². The topological polar surface area (TPSA) is 76.0 Å². The minimum atomic E-state index is -0.851. The number of aryl methyl sites for hydroxylation is 1. The highest BCUT2D eigenvalue weighted by Gasteiger charge is 2.15. The molecule has 1 rings (SSSR count). The smallest absolute Gasteiger partial charge is 0.303 e. The van der Waals surface area contributed by atoms with Crippen LogP contribution in [0, 0.1) is 0 Å². The third-order valence-corrected chi connectivity index (χ3v) is 2.67. The summed E-state index contributed by atoms with van der Waals surface area (Å²) < 4.78 is 10.6. The van der Waals surface area contributed by atoms with Crippen LogP contribution in [-0.2, 0) is 17.6 Å². The number of carboxylic acid groups (broad SMARTS) is 1. The van der Waals surface area contributed by atoms with Crippen LogP contribution in [0.1, 0.15) is 17.5 Å². The van der Waals surface area contributed by atoms with Crippen LogP contribution in [0.4, 0.5) is 0 Å². The standard InChI is InChI=1S/C13H18O5/c1-17-12-9(5-6-11(15)16)3-4-10(7-8-14)13(12)18-2/h3-4,14H,5-8H2,1-2H3,(H,15,16). The Morgan fingerprint density at radius 2 is 1.61 bits per heavy atom. The number of ether oxygens (including phenoxy) is 2. The second kappa shape index (κ2) is 6.86. The lowest BCUT2D eigenvalue weighted by Crippen LogP contribution is -2.04. The van der Waals surface area contributed by atoms with Crippen LogP contribution in [-0.4, -0.2) is 37.0 Å². The Kier molecular flexibility index (Phi) is 5.45. The maximum absolute atomic E-state index is 10.6. The van der Waals surface area contributed by atoms with E-state index >= 15 is 0 Å². The van der Waals surface area contributed by atoms with Crippen molar-refractivity contribution >= 4 is 5.97 Å². The second-order valence-electron chi connectivity index (χ2n) is 3.82. The van der Waals surface area contributed by atoms with Crippen LogP contribution in [0.2, 0.25) is 0 Å². The van der Waals surface area contributed by atoms with Gasteiger partial charge in [0.15, 0.2) is 11.5 Å². The average Bonchev–Trinajstić information content (AvgIpc) is 2.36. The van der Waals surface area contributed by atoms with Gasteiger partial charge in [-0.1, -0.05) is 12.1 Å². The number of hydrogen-bond acceptors (Lipinski definition) is 4. The monoisotopic (exact) mass is 254 g/mol. The third kappa shape index (κ3) is 3.37. The molecule has 1 aromatic carbocycles. The molecule has 0 radical (unpaired) electrons. The molecule has 5 heteroatoms. The van der Waals surface area contributed by atoms with Gasteiger partial charge in [-0.2, -0.15) is 0 Å². The number of aliphatic hydroxyl groups excluding tert-OH is 1. The summed E-state index contributed by atoms with van der Waals surface area (Å²) in [7, 11) is 3.05. The van der Waals surface area contributed by atoms with E-state index in [4.69, 9.17) is 19.7 Å². The van der Waals surface area contributed by atoms with E-state index in [-0.39, 0.29) is 13.0 Å². The molecule has 0 bridgehead atoms. The van der Waals surface area contributed by atoms with Gasteiger partial charge in [0.25, 0.3) is 0 Å². The quantitative estimate of drug-likeness (QED) is 0.766. The maximum Gasteiger partial charge on any atom is 0.303 e. The summed E-state index contributed by atoms with van der Waals surface area (Å²) >= 11 is 0. The predicted octanol–water partition coefficient (Wildman–Crippen LogP) is 1.26. The molecule has 18 heavy (non-hydrogen) atoms. The molecule has 0 aliphatic carbocycles. The molecule has 1 aromatic rings. The van der Waals surface area contributed by atoms with Gasteiger partial charge in [0.2, 0.25) is 0 Å². The highest BCUT2D eigenvalue weighted by molar-refractivity contribution is 5.67. The van der Waals surface area contributed by atoms with E-state index in [9.17, 15) is 4.79 Å². The van der Waals surface area contributed by atoms with Crippen molar-refractivity contribution < 1.29 is 24.5 Å². The summed E-state index contributed by atoms with van der Waals surface area (Å²) in [5.41, 5.74) is 1.63. The SMILES string of the molecule is COc1c(CCO)ccc(CCC(=O)O)c1OC. The number of aliphatic hydroxyl groups is 1. The fourth-order valence-corrected chi connectivity index (χ4v) is 1.85. The largest absolute Gasteiger partial charge is 0.493 e. The summed E-state index contributed by atoms with van der Waals surface area (Å²) in [5, 5.41) is 17.7. The molecular formula is C13H18O5. The molecule has 0 spiro atoms. The lowest BCUT2D eigenvalue weighted by Gasteiger charge is -2.15. The number of carboxylic acids is 1. The molecule has 0 saturated heterocycles. The lowest BCUT2D eigenvalue weighted by atomic mass is 10.0. The third-order valence-electron chi connectivity index (χ3n) is 2.67. The second-order valence-corrected chi connectivity index (χ2v) is 3.82. The van der Waals surface area contributed by atoms with Crippen LogP contribution in [0.15, 0.2) is 12.1 Å². The fraction of sp³-hybridized carbons (Fsp3) is 0.462. The predicted molar refractivity (Wildman–Crippen MR) is 66.3 cm³/mol. The Labute approximate surface area is 106 Å². The van der Waals surface area contributed by atoms with Crippen molar-refractivity contribution in [1.29, 1.82) is 0 Å². The molecular weight excluding hydrogens is 236 g/mol. The van der Waals surface area contributed by atoms with E-state index in [0.717, 1.165) is 11.1 Å². The van der Waals surface area contributed by atoms with E-state index in [2.05, 4.69) is 0 Å². The Balaban J connectivity index is 3.08. The van der Waals surface area contributed by atoms with Gasteiger partial charge < -0.3 is 19.7 Å². The normalized spacial score (nSPS) is 10.2. The minimum Gasteiger partial charge on any atom is -0.493 e. The van der Waals surface area contributed by atoms with Crippen molar-refractivity contribution in [2.24, 2.45) is 0 Å². The Morgan fingerprint density at radius 1 is 1.11 bits per heavy atom. The maximum atomic E-state index is 10.6. The Hall–Kier alpha value is -1.75. The van der Waals surface area contributed by atoms with Crippen molar-refractivity contribution in [1.82, 2.24) is 0 Å². The molecule has 0 aromatic heterocycles. The number of benzene rings is 1. The summed E-state index contributed by atoms with van der Waals surface area (Å²) in [6, 6.07) is 3.64. The van der Waals surface area contributed by atoms with Gasteiger partial charge in [-0.05, 0) is 18.4 Å². The Bertz CT molecular complexity index is 414. The summed E-state index contributed by atoms with van der Waals surface area (Å²) in [6.07, 6.45) is 0.895. The van der Waals surface area contributed by atoms with E-state index < -0.39 is 5.97 Å². The molecule has 100 valence electrons. The van der Waals surface area contributed by atoms with Crippen molar-refractivity contribution in [2.75, 3.05) is 20.8 Å². The van der Waals surface area contributed by atoms with Crippen LogP contribution in [0.25, 0.3) is 0 Å². The number of hydrogen-bond donors (Lipinski definition) is 2. The van der Waals surface area contributed by atoms with Crippen molar-refractivity contribution in [3.8, 4) is 11.5 Å². The molecule has 0 heterocycles. The molecule has 0 atom stereocenters. The van der Waals surface area contributed by atoms with Gasteiger partial charge >= 0.3 is 5.97 Å². The van der Waals surface area contributed by atoms with Crippen LogP contribution in [0.3, 0.4) is 0 Å². The first kappa shape index (κ1) is 14.3. The van der Waals surface area contributed by atoms with Crippen LogP contribution >= 0.6 is 0 Å². The molecule has 0 aliphatic rings.